The van der Waals surface area contributed by atoms with E-state index in [9.17, 15) is 9.59 Å². The van der Waals surface area contributed by atoms with E-state index in [-0.39, 0.29) is 0 Å². The average molecular weight is 431 g/mol. The minimum Gasteiger partial charge on any atom is -0.423 e. The maximum absolute atomic E-state index is 12.6. The Morgan fingerprint density at radius 3 is 1.28 bits per heavy atom. The molecule has 0 aliphatic heterocycles. The predicted octanol–water partition coefficient (Wildman–Crippen LogP) is 6.52. The minimum absolute atomic E-state index is 0.376. The fourth-order valence-electron chi connectivity index (χ4n) is 3.48. The number of carbonyl (C=O) groups is 2. The largest absolute Gasteiger partial charge is 0.423 e. The van der Waals surface area contributed by atoms with Gasteiger partial charge in [0.05, 0.1) is 11.1 Å². The molecule has 32 heavy (non-hydrogen) atoms. The van der Waals surface area contributed by atoms with Crippen LogP contribution in [0.2, 0.25) is 0 Å². The van der Waals surface area contributed by atoms with Crippen molar-refractivity contribution in [2.24, 2.45) is 11.8 Å². The Balaban J connectivity index is 1.69. The fourth-order valence-corrected chi connectivity index (χ4v) is 3.48. The van der Waals surface area contributed by atoms with Crippen LogP contribution in [0.25, 0.3) is 0 Å². The van der Waals surface area contributed by atoms with E-state index in [4.69, 9.17) is 9.47 Å². The first-order chi connectivity index (χ1) is 15.3. The number of para-hydroxylation sites is 2. The van der Waals surface area contributed by atoms with E-state index in [0.717, 1.165) is 24.0 Å². The highest BCUT2D eigenvalue weighted by atomic mass is 16.5. The van der Waals surface area contributed by atoms with Gasteiger partial charge in [-0.2, -0.15) is 0 Å². The number of rotatable bonds is 8. The lowest BCUT2D eigenvalue weighted by Gasteiger charge is -2.12. The quantitative estimate of drug-likeness (QED) is 0.301. The Bertz CT molecular complexity index is 978. The van der Waals surface area contributed by atoms with Crippen LogP contribution in [0.4, 0.5) is 0 Å². The van der Waals surface area contributed by atoms with Gasteiger partial charge in [0.15, 0.2) is 0 Å². The van der Waals surface area contributed by atoms with Gasteiger partial charge >= 0.3 is 11.9 Å². The molecule has 0 amide bonds. The highest BCUT2D eigenvalue weighted by Gasteiger charge is 2.15. The van der Waals surface area contributed by atoms with Gasteiger partial charge in [-0.25, -0.2) is 9.59 Å². The van der Waals surface area contributed by atoms with Crippen LogP contribution < -0.4 is 9.47 Å². The molecule has 4 heteroatoms. The molecule has 0 saturated carbocycles. The normalized spacial score (nSPS) is 10.9. The van der Waals surface area contributed by atoms with Gasteiger partial charge in [0.2, 0.25) is 0 Å². The standard InChI is InChI=1S/C28H30O4/c1-19(2)17-23-9-5-7-11-25(23)31-27(29)21-13-15-22(16-14-21)28(30)32-26-12-8-6-10-24(26)18-20(3)4/h5-16,19-20H,17-18H2,1-4H3. The van der Waals surface area contributed by atoms with Gasteiger partial charge in [-0.05, 0) is 72.2 Å². The van der Waals surface area contributed by atoms with E-state index in [0.29, 0.717) is 34.5 Å². The molecule has 0 saturated heterocycles. The number of ether oxygens (including phenoxy) is 2. The third-order valence-electron chi connectivity index (χ3n) is 4.96. The van der Waals surface area contributed by atoms with Gasteiger partial charge in [-0.1, -0.05) is 64.1 Å². The van der Waals surface area contributed by atoms with E-state index in [1.165, 1.54) is 0 Å². The monoisotopic (exact) mass is 430 g/mol. The fraction of sp³-hybridized carbons (Fsp3) is 0.286. The molecule has 166 valence electrons. The van der Waals surface area contributed by atoms with Gasteiger partial charge in [-0.3, -0.25) is 0 Å². The molecular weight excluding hydrogens is 400 g/mol. The summed E-state index contributed by atoms with van der Waals surface area (Å²) in [6.07, 6.45) is 1.65. The van der Waals surface area contributed by atoms with Gasteiger partial charge < -0.3 is 9.47 Å². The molecule has 4 nitrogen and oxygen atoms in total. The number of hydrogen-bond donors (Lipinski definition) is 0. The summed E-state index contributed by atoms with van der Waals surface area (Å²) < 4.78 is 11.3. The first-order valence-corrected chi connectivity index (χ1v) is 11.0. The van der Waals surface area contributed by atoms with Crippen LogP contribution in [0.3, 0.4) is 0 Å². The second-order valence-corrected chi connectivity index (χ2v) is 8.77. The zero-order valence-corrected chi connectivity index (χ0v) is 19.1. The summed E-state index contributed by atoms with van der Waals surface area (Å²) in [4.78, 5) is 25.3. The topological polar surface area (TPSA) is 52.6 Å². The van der Waals surface area contributed by atoms with Gasteiger partial charge in [-0.15, -0.1) is 0 Å². The second-order valence-electron chi connectivity index (χ2n) is 8.77. The van der Waals surface area contributed by atoms with Gasteiger partial charge in [0, 0.05) is 0 Å². The molecule has 3 aromatic rings. The van der Waals surface area contributed by atoms with E-state index in [2.05, 4.69) is 27.7 Å². The Hall–Kier alpha value is -3.40. The molecular formula is C28H30O4. The van der Waals surface area contributed by atoms with Crippen molar-refractivity contribution >= 4 is 11.9 Å². The van der Waals surface area contributed by atoms with E-state index in [1.807, 2.05) is 36.4 Å². The molecule has 0 N–H and O–H groups in total. The Labute approximate surface area is 190 Å². The summed E-state index contributed by atoms with van der Waals surface area (Å²) >= 11 is 0. The number of benzene rings is 3. The third-order valence-corrected chi connectivity index (χ3v) is 4.96. The molecule has 0 aromatic heterocycles. The Morgan fingerprint density at radius 2 is 0.938 bits per heavy atom. The molecule has 0 bridgehead atoms. The number of hydrogen-bond acceptors (Lipinski definition) is 4. The smallest absolute Gasteiger partial charge is 0.343 e. The van der Waals surface area contributed by atoms with Gasteiger partial charge in [0.25, 0.3) is 0 Å². The summed E-state index contributed by atoms with van der Waals surface area (Å²) in [7, 11) is 0. The molecule has 0 fully saturated rings. The molecule has 0 heterocycles. The van der Waals surface area contributed by atoms with E-state index in [1.54, 1.807) is 36.4 Å². The highest BCUT2D eigenvalue weighted by Crippen LogP contribution is 2.24. The summed E-state index contributed by atoms with van der Waals surface area (Å²) in [6, 6.07) is 21.5. The molecule has 0 aliphatic carbocycles. The number of carbonyl (C=O) groups excluding carboxylic acids is 2. The molecule has 0 radical (unpaired) electrons. The Morgan fingerprint density at radius 1 is 0.594 bits per heavy atom. The van der Waals surface area contributed by atoms with Crippen molar-refractivity contribution in [3.63, 3.8) is 0 Å². The number of esters is 2. The van der Waals surface area contributed by atoms with Crippen LogP contribution >= 0.6 is 0 Å². The lowest BCUT2D eigenvalue weighted by molar-refractivity contribution is 0.0718. The zero-order valence-electron chi connectivity index (χ0n) is 19.1. The van der Waals surface area contributed by atoms with Crippen molar-refractivity contribution in [2.75, 3.05) is 0 Å². The van der Waals surface area contributed by atoms with Crippen LogP contribution in [-0.2, 0) is 12.8 Å². The zero-order chi connectivity index (χ0) is 23.1. The van der Waals surface area contributed by atoms with Crippen LogP contribution in [0, 0.1) is 11.8 Å². The lowest BCUT2D eigenvalue weighted by Crippen LogP contribution is -2.13. The van der Waals surface area contributed by atoms with Crippen LogP contribution in [0.15, 0.2) is 72.8 Å². The average Bonchev–Trinajstić information content (AvgIpc) is 2.76. The molecule has 3 aromatic carbocycles. The molecule has 0 spiro atoms. The van der Waals surface area contributed by atoms with Crippen molar-refractivity contribution in [3.05, 3.63) is 95.1 Å². The first-order valence-electron chi connectivity index (χ1n) is 11.0. The summed E-state index contributed by atoms with van der Waals surface area (Å²) in [5, 5.41) is 0. The van der Waals surface area contributed by atoms with Crippen molar-refractivity contribution in [3.8, 4) is 11.5 Å². The Kier molecular flexibility index (Phi) is 7.82. The molecule has 0 atom stereocenters. The maximum Gasteiger partial charge on any atom is 0.343 e. The molecule has 0 unspecified atom stereocenters. The van der Waals surface area contributed by atoms with E-state index < -0.39 is 11.9 Å². The van der Waals surface area contributed by atoms with E-state index >= 15 is 0 Å². The summed E-state index contributed by atoms with van der Waals surface area (Å²) in [6.45, 7) is 8.49. The maximum atomic E-state index is 12.6. The predicted molar refractivity (Wildman–Crippen MR) is 126 cm³/mol. The second kappa shape index (κ2) is 10.8. The van der Waals surface area contributed by atoms with Crippen molar-refractivity contribution in [1.29, 1.82) is 0 Å². The van der Waals surface area contributed by atoms with Crippen molar-refractivity contribution < 1.29 is 19.1 Å². The van der Waals surface area contributed by atoms with Crippen molar-refractivity contribution in [2.45, 2.75) is 40.5 Å². The van der Waals surface area contributed by atoms with Crippen LogP contribution in [0.5, 0.6) is 11.5 Å². The molecule has 3 rings (SSSR count). The SMILES string of the molecule is CC(C)Cc1ccccc1OC(=O)c1ccc(C(=O)Oc2ccccc2CC(C)C)cc1. The molecule has 0 aliphatic rings. The lowest BCUT2D eigenvalue weighted by atomic mass is 10.0. The van der Waals surface area contributed by atoms with Crippen LogP contribution in [0.1, 0.15) is 59.5 Å². The minimum atomic E-state index is -0.455. The van der Waals surface area contributed by atoms with Crippen molar-refractivity contribution in [1.82, 2.24) is 0 Å². The summed E-state index contributed by atoms with van der Waals surface area (Å²) in [5.41, 5.74) is 2.74. The first kappa shape index (κ1) is 23.3. The van der Waals surface area contributed by atoms with Crippen LogP contribution in [-0.4, -0.2) is 11.9 Å². The van der Waals surface area contributed by atoms with Gasteiger partial charge in [0.1, 0.15) is 11.5 Å². The summed E-state index contributed by atoms with van der Waals surface area (Å²) in [5.74, 6) is 1.12. The highest BCUT2D eigenvalue weighted by molar-refractivity contribution is 5.95. The third kappa shape index (κ3) is 6.30.